The lowest BCUT2D eigenvalue weighted by Gasteiger charge is -2.56. The molecule has 2 N–H and O–H groups in total. The molecule has 0 radical (unpaired) electrons. The van der Waals surface area contributed by atoms with E-state index in [-0.39, 0.29) is 16.8 Å². The fraction of sp³-hybridized carbons (Fsp3) is 0.667. The van der Waals surface area contributed by atoms with Crippen molar-refractivity contribution in [1.29, 1.82) is 0 Å². The quantitative estimate of drug-likeness (QED) is 0.863. The average Bonchev–Trinajstić information content (AvgIpc) is 2.36. The predicted octanol–water partition coefficient (Wildman–Crippen LogP) is 1.94. The van der Waals surface area contributed by atoms with E-state index in [1.807, 2.05) is 0 Å². The van der Waals surface area contributed by atoms with Crippen molar-refractivity contribution < 1.29 is 9.90 Å². The molecule has 5 nitrogen and oxygen atoms in total. The van der Waals surface area contributed by atoms with Crippen LogP contribution in [0.1, 0.15) is 54.8 Å². The van der Waals surface area contributed by atoms with E-state index < -0.39 is 5.97 Å². The summed E-state index contributed by atoms with van der Waals surface area (Å²) < 4.78 is 0. The van der Waals surface area contributed by atoms with E-state index in [1.54, 1.807) is 0 Å². The Morgan fingerprint density at radius 3 is 2.25 bits per heavy atom. The lowest BCUT2D eigenvalue weighted by molar-refractivity contribution is -0.00742. The Morgan fingerprint density at radius 1 is 1.20 bits per heavy atom. The van der Waals surface area contributed by atoms with Crippen LogP contribution < -0.4 is 5.56 Å². The Morgan fingerprint density at radius 2 is 1.75 bits per heavy atom. The lowest BCUT2D eigenvalue weighted by Crippen LogP contribution is -2.49. The molecule has 106 valence electrons. The van der Waals surface area contributed by atoms with Crippen LogP contribution in [0.3, 0.4) is 0 Å². The first kappa shape index (κ1) is 12.1. The molecular weight excluding hydrogens is 256 g/mol. The van der Waals surface area contributed by atoms with Crippen molar-refractivity contribution in [3.05, 3.63) is 27.9 Å². The predicted molar refractivity (Wildman–Crippen MR) is 71.7 cm³/mol. The van der Waals surface area contributed by atoms with Crippen LogP contribution in [-0.4, -0.2) is 21.0 Å². The molecule has 4 aliphatic rings. The van der Waals surface area contributed by atoms with Gasteiger partial charge in [0, 0.05) is 11.5 Å². The van der Waals surface area contributed by atoms with E-state index in [4.69, 9.17) is 5.11 Å². The maximum absolute atomic E-state index is 11.7. The molecule has 4 saturated carbocycles. The van der Waals surface area contributed by atoms with Crippen LogP contribution >= 0.6 is 0 Å². The van der Waals surface area contributed by atoms with Crippen LogP contribution in [0, 0.1) is 17.8 Å². The van der Waals surface area contributed by atoms with Gasteiger partial charge in [0.2, 0.25) is 5.82 Å². The molecule has 0 saturated heterocycles. The van der Waals surface area contributed by atoms with Gasteiger partial charge in [0.05, 0.1) is 5.69 Å². The molecule has 1 aromatic heterocycles. The molecule has 0 unspecified atom stereocenters. The molecule has 0 amide bonds. The van der Waals surface area contributed by atoms with E-state index in [1.165, 1.54) is 25.3 Å². The van der Waals surface area contributed by atoms with E-state index in [0.29, 0.717) is 0 Å². The third-order valence-corrected chi connectivity index (χ3v) is 5.53. The third kappa shape index (κ3) is 1.72. The Labute approximate surface area is 116 Å². The highest BCUT2D eigenvalue weighted by Gasteiger charge is 2.52. The molecule has 0 aromatic carbocycles. The van der Waals surface area contributed by atoms with Crippen LogP contribution in [0.25, 0.3) is 0 Å². The monoisotopic (exact) mass is 274 g/mol. The van der Waals surface area contributed by atoms with Gasteiger partial charge in [-0.25, -0.2) is 9.78 Å². The summed E-state index contributed by atoms with van der Waals surface area (Å²) in [6.07, 6.45) is 7.17. The minimum atomic E-state index is -1.16. The molecule has 4 fully saturated rings. The molecule has 5 rings (SSSR count). The second-order valence-corrected chi connectivity index (χ2v) is 6.98. The molecule has 4 bridgehead atoms. The summed E-state index contributed by atoms with van der Waals surface area (Å²) >= 11 is 0. The first-order valence-corrected chi connectivity index (χ1v) is 7.39. The van der Waals surface area contributed by atoms with E-state index >= 15 is 0 Å². The fourth-order valence-corrected chi connectivity index (χ4v) is 5.25. The number of aromatic nitrogens is 2. The SMILES string of the molecule is O=C(O)c1nc(C23CC4CC(CC(C4)C2)C3)cc(=O)[nH]1. The number of nitrogens with one attached hydrogen (secondary N) is 1. The van der Waals surface area contributed by atoms with Gasteiger partial charge in [-0.3, -0.25) is 4.79 Å². The normalized spacial score (nSPS) is 38.1. The lowest BCUT2D eigenvalue weighted by atomic mass is 9.49. The van der Waals surface area contributed by atoms with Gasteiger partial charge >= 0.3 is 5.97 Å². The minimum Gasteiger partial charge on any atom is -0.475 e. The topological polar surface area (TPSA) is 83.0 Å². The van der Waals surface area contributed by atoms with Crippen molar-refractivity contribution in [2.75, 3.05) is 0 Å². The van der Waals surface area contributed by atoms with E-state index in [9.17, 15) is 9.59 Å². The van der Waals surface area contributed by atoms with Crippen LogP contribution in [-0.2, 0) is 5.41 Å². The third-order valence-electron chi connectivity index (χ3n) is 5.53. The number of aromatic carboxylic acids is 1. The number of carboxylic acids is 1. The van der Waals surface area contributed by atoms with Crippen LogP contribution in [0.2, 0.25) is 0 Å². The molecule has 0 spiro atoms. The summed E-state index contributed by atoms with van der Waals surface area (Å²) in [5, 5.41) is 9.08. The van der Waals surface area contributed by atoms with Crippen LogP contribution in [0.5, 0.6) is 0 Å². The smallest absolute Gasteiger partial charge is 0.372 e. The zero-order chi connectivity index (χ0) is 13.9. The number of rotatable bonds is 2. The van der Waals surface area contributed by atoms with Gasteiger partial charge in [0.25, 0.3) is 5.56 Å². The Hall–Kier alpha value is -1.65. The van der Waals surface area contributed by atoms with Crippen molar-refractivity contribution >= 4 is 5.97 Å². The number of aromatic amines is 1. The first-order chi connectivity index (χ1) is 9.54. The second-order valence-electron chi connectivity index (χ2n) is 6.98. The molecule has 0 aliphatic heterocycles. The maximum Gasteiger partial charge on any atom is 0.372 e. The van der Waals surface area contributed by atoms with Gasteiger partial charge in [-0.2, -0.15) is 0 Å². The molecule has 4 aliphatic carbocycles. The van der Waals surface area contributed by atoms with Crippen molar-refractivity contribution in [2.24, 2.45) is 17.8 Å². The van der Waals surface area contributed by atoms with Crippen molar-refractivity contribution in [1.82, 2.24) is 9.97 Å². The van der Waals surface area contributed by atoms with E-state index in [2.05, 4.69) is 9.97 Å². The van der Waals surface area contributed by atoms with Gasteiger partial charge in [-0.05, 0) is 56.3 Å². The molecule has 0 atom stereocenters. The van der Waals surface area contributed by atoms with Crippen LogP contribution in [0.15, 0.2) is 10.9 Å². The summed E-state index contributed by atoms with van der Waals surface area (Å²) in [7, 11) is 0. The van der Waals surface area contributed by atoms with Crippen molar-refractivity contribution in [2.45, 2.75) is 43.9 Å². The van der Waals surface area contributed by atoms with Gasteiger partial charge in [0.15, 0.2) is 0 Å². The minimum absolute atomic E-state index is 0.0345. The molecular formula is C15H18N2O3. The molecule has 1 heterocycles. The largest absolute Gasteiger partial charge is 0.475 e. The number of nitrogens with zero attached hydrogens (tertiary/aromatic N) is 1. The van der Waals surface area contributed by atoms with Gasteiger partial charge < -0.3 is 10.1 Å². The molecule has 1 aromatic rings. The van der Waals surface area contributed by atoms with Crippen molar-refractivity contribution in [3.63, 3.8) is 0 Å². The summed E-state index contributed by atoms with van der Waals surface area (Å²) in [5.74, 6) is 0.860. The summed E-state index contributed by atoms with van der Waals surface area (Å²) in [5.41, 5.74) is 0.341. The highest BCUT2D eigenvalue weighted by Crippen LogP contribution is 2.60. The Bertz CT molecular complexity index is 599. The number of carboxylic acid groups (broad SMARTS) is 1. The number of carbonyl (C=O) groups is 1. The first-order valence-electron chi connectivity index (χ1n) is 7.39. The molecule has 5 heteroatoms. The van der Waals surface area contributed by atoms with Gasteiger partial charge in [0.1, 0.15) is 0 Å². The highest BCUT2D eigenvalue weighted by molar-refractivity contribution is 5.83. The zero-order valence-corrected chi connectivity index (χ0v) is 11.3. The maximum atomic E-state index is 11.7. The summed E-state index contributed by atoms with van der Waals surface area (Å²) in [4.78, 5) is 29.4. The van der Waals surface area contributed by atoms with Crippen LogP contribution in [0.4, 0.5) is 0 Å². The molecule has 20 heavy (non-hydrogen) atoms. The fourth-order valence-electron chi connectivity index (χ4n) is 5.25. The average molecular weight is 274 g/mol. The Balaban J connectivity index is 1.80. The van der Waals surface area contributed by atoms with E-state index in [0.717, 1.165) is 42.7 Å². The number of hydrogen-bond donors (Lipinski definition) is 2. The van der Waals surface area contributed by atoms with Crippen molar-refractivity contribution in [3.8, 4) is 0 Å². The highest BCUT2D eigenvalue weighted by atomic mass is 16.4. The Kier molecular flexibility index (Phi) is 2.38. The summed E-state index contributed by atoms with van der Waals surface area (Å²) in [6.45, 7) is 0. The number of hydrogen-bond acceptors (Lipinski definition) is 3. The zero-order valence-electron chi connectivity index (χ0n) is 11.3. The summed E-state index contributed by atoms with van der Waals surface area (Å²) in [6, 6.07) is 1.53. The second kappa shape index (κ2) is 3.93. The van der Waals surface area contributed by atoms with Gasteiger partial charge in [-0.1, -0.05) is 0 Å². The van der Waals surface area contributed by atoms with Gasteiger partial charge in [-0.15, -0.1) is 0 Å². The number of H-pyrrole nitrogens is 1. The standard InChI is InChI=1S/C15H18N2O3/c18-12-4-11(16-13(17-12)14(19)20)15-5-8-1-9(6-15)3-10(2-8)7-15/h4,8-10H,1-3,5-7H2,(H,19,20)(H,16,17,18).